The van der Waals surface area contributed by atoms with Crippen LogP contribution in [0.2, 0.25) is 5.02 Å². The lowest BCUT2D eigenvalue weighted by atomic mass is 10.1. The van der Waals surface area contributed by atoms with Crippen molar-refractivity contribution < 1.29 is 0 Å². The van der Waals surface area contributed by atoms with Gasteiger partial charge in [-0.3, -0.25) is 0 Å². The van der Waals surface area contributed by atoms with Crippen LogP contribution in [0.4, 0.5) is 0 Å². The molecular weight excluding hydrogens is 320 g/mol. The molecule has 0 saturated carbocycles. The predicted octanol–water partition coefficient (Wildman–Crippen LogP) is 4.83. The van der Waals surface area contributed by atoms with Crippen LogP contribution in [0, 0.1) is 0 Å². The number of aryl methyl sites for hydroxylation is 1. The minimum atomic E-state index is 0.537. The lowest BCUT2D eigenvalue weighted by molar-refractivity contribution is 0.774. The maximum atomic E-state index is 6.66. The second-order valence-electron chi connectivity index (χ2n) is 5.31. The van der Waals surface area contributed by atoms with Crippen LogP contribution in [0.1, 0.15) is 12.6 Å². The van der Waals surface area contributed by atoms with Crippen LogP contribution in [0.15, 0.2) is 61.2 Å². The molecule has 0 fully saturated rings. The molecule has 4 nitrogen and oxygen atoms in total. The standard InChI is InChI=1S/C19H17ClN4/c1-4-5-7-10-13(2)17-15-16(20)18(14-11-8-6-9-12-14)21-22-19(15)24(3)23-17/h4-12H,2H2,1,3H3/b5-4-,10-7-. The maximum absolute atomic E-state index is 6.66. The molecule has 1 aromatic carbocycles. The van der Waals surface area contributed by atoms with Crippen molar-refractivity contribution in [1.29, 1.82) is 0 Å². The zero-order chi connectivity index (χ0) is 17.1. The third-order valence-electron chi connectivity index (χ3n) is 3.64. The molecule has 0 spiro atoms. The van der Waals surface area contributed by atoms with Crippen molar-refractivity contribution >= 4 is 28.2 Å². The lowest BCUT2D eigenvalue weighted by Crippen LogP contribution is -1.95. The summed E-state index contributed by atoms with van der Waals surface area (Å²) in [6.45, 7) is 6.06. The van der Waals surface area contributed by atoms with Gasteiger partial charge in [-0.05, 0) is 12.5 Å². The summed E-state index contributed by atoms with van der Waals surface area (Å²) >= 11 is 6.66. The molecule has 0 unspecified atom stereocenters. The summed E-state index contributed by atoms with van der Waals surface area (Å²) in [5.41, 5.74) is 3.68. The number of nitrogens with zero attached hydrogens (tertiary/aromatic N) is 4. The molecule has 2 aromatic heterocycles. The van der Waals surface area contributed by atoms with E-state index in [1.54, 1.807) is 4.68 Å². The summed E-state index contributed by atoms with van der Waals surface area (Å²) in [5.74, 6) is 0. The van der Waals surface area contributed by atoms with Gasteiger partial charge in [0.1, 0.15) is 11.4 Å². The van der Waals surface area contributed by atoms with Crippen LogP contribution in [0.3, 0.4) is 0 Å². The Labute approximate surface area is 145 Å². The van der Waals surface area contributed by atoms with E-state index in [0.29, 0.717) is 22.1 Å². The number of fused-ring (bicyclic) bond motifs is 1. The number of hydrogen-bond acceptors (Lipinski definition) is 3. The Hall–Kier alpha value is -2.72. The third-order valence-corrected chi connectivity index (χ3v) is 4.01. The SMILES string of the molecule is C=C(/C=C\C=C/C)c1nn(C)c2nnc(-c3ccccc3)c(Cl)c12. The molecule has 3 aromatic rings. The predicted molar refractivity (Wildman–Crippen MR) is 99.7 cm³/mol. The highest BCUT2D eigenvalue weighted by molar-refractivity contribution is 6.38. The zero-order valence-corrected chi connectivity index (χ0v) is 14.3. The molecule has 24 heavy (non-hydrogen) atoms. The monoisotopic (exact) mass is 336 g/mol. The molecule has 0 atom stereocenters. The number of rotatable bonds is 4. The smallest absolute Gasteiger partial charge is 0.182 e. The highest BCUT2D eigenvalue weighted by atomic mass is 35.5. The van der Waals surface area contributed by atoms with Gasteiger partial charge in [0.05, 0.1) is 10.4 Å². The zero-order valence-electron chi connectivity index (χ0n) is 13.6. The van der Waals surface area contributed by atoms with Gasteiger partial charge in [0.15, 0.2) is 5.65 Å². The van der Waals surface area contributed by atoms with Crippen LogP contribution >= 0.6 is 11.6 Å². The van der Waals surface area contributed by atoms with Crippen LogP contribution in [0.25, 0.3) is 27.9 Å². The molecule has 3 rings (SSSR count). The molecular formula is C19H17ClN4. The number of allylic oxidation sites excluding steroid dienone is 5. The molecule has 0 bridgehead atoms. The molecule has 2 heterocycles. The fourth-order valence-electron chi connectivity index (χ4n) is 2.46. The Morgan fingerprint density at radius 1 is 1.17 bits per heavy atom. The summed E-state index contributed by atoms with van der Waals surface area (Å²) in [7, 11) is 1.82. The molecule has 0 N–H and O–H groups in total. The van der Waals surface area contributed by atoms with Gasteiger partial charge >= 0.3 is 0 Å². The van der Waals surface area contributed by atoms with Gasteiger partial charge in [0.2, 0.25) is 0 Å². The van der Waals surface area contributed by atoms with Gasteiger partial charge in [-0.2, -0.15) is 5.10 Å². The first kappa shape index (κ1) is 16.1. The van der Waals surface area contributed by atoms with Crippen molar-refractivity contribution in [2.75, 3.05) is 0 Å². The van der Waals surface area contributed by atoms with Crippen LogP contribution in [0.5, 0.6) is 0 Å². The minimum absolute atomic E-state index is 0.537. The van der Waals surface area contributed by atoms with Crippen molar-refractivity contribution in [3.63, 3.8) is 0 Å². The minimum Gasteiger partial charge on any atom is -0.248 e. The Morgan fingerprint density at radius 3 is 2.62 bits per heavy atom. The van der Waals surface area contributed by atoms with Gasteiger partial charge in [0, 0.05) is 12.6 Å². The normalized spacial score (nSPS) is 11.8. The first-order chi connectivity index (χ1) is 11.6. The molecule has 0 aliphatic carbocycles. The third kappa shape index (κ3) is 2.88. The van der Waals surface area contributed by atoms with Gasteiger partial charge in [0.25, 0.3) is 0 Å². The first-order valence-corrected chi connectivity index (χ1v) is 7.94. The van der Waals surface area contributed by atoms with E-state index >= 15 is 0 Å². The van der Waals surface area contributed by atoms with Gasteiger partial charge in [-0.1, -0.05) is 72.8 Å². The summed E-state index contributed by atoms with van der Waals surface area (Å²) in [6.07, 6.45) is 7.71. The fraction of sp³-hybridized carbons (Fsp3) is 0.105. The Morgan fingerprint density at radius 2 is 1.92 bits per heavy atom. The van der Waals surface area contributed by atoms with Crippen LogP contribution in [-0.4, -0.2) is 20.0 Å². The highest BCUT2D eigenvalue weighted by Gasteiger charge is 2.19. The van der Waals surface area contributed by atoms with Crippen molar-refractivity contribution in [3.05, 3.63) is 71.9 Å². The summed E-state index contributed by atoms with van der Waals surface area (Å²) in [4.78, 5) is 0. The van der Waals surface area contributed by atoms with Crippen molar-refractivity contribution in [2.24, 2.45) is 7.05 Å². The molecule has 0 aliphatic heterocycles. The molecule has 0 aliphatic rings. The summed E-state index contributed by atoms with van der Waals surface area (Å²) < 4.78 is 1.67. The summed E-state index contributed by atoms with van der Waals surface area (Å²) in [5, 5.41) is 14.4. The largest absolute Gasteiger partial charge is 0.248 e. The van der Waals surface area contributed by atoms with Gasteiger partial charge in [-0.15, -0.1) is 10.2 Å². The Kier molecular flexibility index (Phi) is 4.58. The molecule has 120 valence electrons. The quantitative estimate of drug-likeness (QED) is 0.641. The van der Waals surface area contributed by atoms with E-state index in [1.807, 2.05) is 68.6 Å². The lowest BCUT2D eigenvalue weighted by Gasteiger charge is -2.04. The number of benzene rings is 1. The van der Waals surface area contributed by atoms with E-state index in [-0.39, 0.29) is 0 Å². The van der Waals surface area contributed by atoms with E-state index in [4.69, 9.17) is 11.6 Å². The fourth-order valence-corrected chi connectivity index (χ4v) is 2.78. The second-order valence-corrected chi connectivity index (χ2v) is 5.69. The Balaban J connectivity index is 2.20. The van der Waals surface area contributed by atoms with Crippen molar-refractivity contribution in [2.45, 2.75) is 6.92 Å². The number of hydrogen-bond donors (Lipinski definition) is 0. The second kappa shape index (κ2) is 6.81. The van der Waals surface area contributed by atoms with E-state index in [1.165, 1.54) is 0 Å². The molecule has 0 radical (unpaired) electrons. The van der Waals surface area contributed by atoms with Gasteiger partial charge in [-0.25, -0.2) is 4.68 Å². The topological polar surface area (TPSA) is 43.6 Å². The average molecular weight is 337 g/mol. The number of halogens is 1. The first-order valence-electron chi connectivity index (χ1n) is 7.56. The van der Waals surface area contributed by atoms with Crippen molar-refractivity contribution in [1.82, 2.24) is 20.0 Å². The van der Waals surface area contributed by atoms with E-state index in [0.717, 1.165) is 16.5 Å². The number of aromatic nitrogens is 4. The molecule has 0 amide bonds. The van der Waals surface area contributed by atoms with Crippen LogP contribution < -0.4 is 0 Å². The maximum Gasteiger partial charge on any atom is 0.182 e. The highest BCUT2D eigenvalue weighted by Crippen LogP contribution is 2.35. The Bertz CT molecular complexity index is 952. The molecule has 5 heteroatoms. The van der Waals surface area contributed by atoms with Crippen LogP contribution in [-0.2, 0) is 7.05 Å². The average Bonchev–Trinajstić information content (AvgIpc) is 2.94. The summed E-state index contributed by atoms with van der Waals surface area (Å²) in [6, 6.07) is 9.75. The van der Waals surface area contributed by atoms with Crippen molar-refractivity contribution in [3.8, 4) is 11.3 Å². The van der Waals surface area contributed by atoms with Gasteiger partial charge < -0.3 is 0 Å². The van der Waals surface area contributed by atoms with E-state index in [9.17, 15) is 0 Å². The van der Waals surface area contributed by atoms with E-state index < -0.39 is 0 Å². The van der Waals surface area contributed by atoms with E-state index in [2.05, 4.69) is 21.9 Å². The molecule has 0 saturated heterocycles.